The van der Waals surface area contributed by atoms with E-state index in [0.29, 0.717) is 6.42 Å². The van der Waals surface area contributed by atoms with Crippen LogP contribution in [-0.2, 0) is 28.1 Å². The molecule has 3 aromatic rings. The first-order valence-electron chi connectivity index (χ1n) is 10.5. The fourth-order valence-corrected chi connectivity index (χ4v) is 4.47. The number of rotatable bonds is 10. The molecule has 1 aliphatic rings. The number of hydrogen-bond acceptors (Lipinski definition) is 13. The maximum absolute atomic E-state index is 12.9. The zero-order valence-corrected chi connectivity index (χ0v) is 19.6. The number of ether oxygens (including phenoxy) is 1. The molecule has 0 spiro atoms. The van der Waals surface area contributed by atoms with Crippen molar-refractivity contribution in [3.63, 3.8) is 0 Å². The van der Waals surface area contributed by atoms with Crippen molar-refractivity contribution >= 4 is 30.8 Å². The molecule has 5 unspecified atom stereocenters. The van der Waals surface area contributed by atoms with E-state index in [-0.39, 0.29) is 30.2 Å². The Labute approximate surface area is 198 Å². The summed E-state index contributed by atoms with van der Waals surface area (Å²) in [4.78, 5) is 37.3. The van der Waals surface area contributed by atoms with Gasteiger partial charge in [-0.2, -0.15) is 4.89 Å². The average Bonchev–Trinajstić information content (AvgIpc) is 3.60. The van der Waals surface area contributed by atoms with Crippen LogP contribution in [0.4, 0.5) is 10.6 Å². The SMILES string of the molecule is CCCOOC(=O)Nc1ncnc2c1ncn2C1OC(COP(=O)(OC)n2ccnc2)C(O)C1O. The monoisotopic (exact) mass is 513 g/mol. The van der Waals surface area contributed by atoms with Crippen LogP contribution in [0.2, 0.25) is 0 Å². The van der Waals surface area contributed by atoms with Gasteiger partial charge in [0.15, 0.2) is 23.2 Å². The number of aliphatic hydroxyl groups is 2. The van der Waals surface area contributed by atoms with E-state index in [9.17, 15) is 19.6 Å². The van der Waals surface area contributed by atoms with Crippen molar-refractivity contribution in [2.45, 2.75) is 37.9 Å². The fourth-order valence-electron chi connectivity index (χ4n) is 3.30. The van der Waals surface area contributed by atoms with Crippen molar-refractivity contribution in [3.05, 3.63) is 31.4 Å². The number of carbonyl (C=O) groups excluding carboxylic acids is 1. The molecular formula is C18H24N7O9P. The van der Waals surface area contributed by atoms with Gasteiger partial charge < -0.3 is 14.9 Å². The highest BCUT2D eigenvalue weighted by Crippen LogP contribution is 2.49. The van der Waals surface area contributed by atoms with E-state index in [1.54, 1.807) is 0 Å². The highest BCUT2D eigenvalue weighted by Gasteiger charge is 2.45. The summed E-state index contributed by atoms with van der Waals surface area (Å²) < 4.78 is 31.6. The molecule has 0 radical (unpaired) electrons. The Hall–Kier alpha value is -2.98. The lowest BCUT2D eigenvalue weighted by atomic mass is 10.1. The van der Waals surface area contributed by atoms with E-state index in [4.69, 9.17) is 18.7 Å². The van der Waals surface area contributed by atoms with Gasteiger partial charge in [0.05, 0.1) is 19.5 Å². The van der Waals surface area contributed by atoms with Crippen molar-refractivity contribution in [1.82, 2.24) is 28.8 Å². The molecule has 1 fully saturated rings. The summed E-state index contributed by atoms with van der Waals surface area (Å²) in [6.07, 6.45) is 1.31. The number of imidazole rings is 2. The number of amides is 1. The Balaban J connectivity index is 1.48. The average molecular weight is 513 g/mol. The van der Waals surface area contributed by atoms with Gasteiger partial charge in [-0.05, 0) is 6.42 Å². The molecule has 1 aliphatic heterocycles. The zero-order chi connectivity index (χ0) is 25.0. The minimum Gasteiger partial charge on any atom is -0.387 e. The van der Waals surface area contributed by atoms with Crippen LogP contribution >= 0.6 is 7.75 Å². The van der Waals surface area contributed by atoms with Gasteiger partial charge in [0, 0.05) is 19.5 Å². The highest BCUT2D eigenvalue weighted by atomic mass is 31.2. The fraction of sp³-hybridized carbons (Fsp3) is 0.500. The van der Waals surface area contributed by atoms with Gasteiger partial charge in [0.1, 0.15) is 31.0 Å². The topological polar surface area (TPSA) is 194 Å². The van der Waals surface area contributed by atoms with Crippen LogP contribution in [-0.4, -0.2) is 83.8 Å². The van der Waals surface area contributed by atoms with Crippen molar-refractivity contribution < 1.29 is 43.1 Å². The van der Waals surface area contributed by atoms with Gasteiger partial charge in [0.2, 0.25) is 0 Å². The summed E-state index contributed by atoms with van der Waals surface area (Å²) in [6.45, 7) is 1.72. The molecule has 17 heteroatoms. The van der Waals surface area contributed by atoms with E-state index in [1.165, 1.54) is 43.1 Å². The second-order valence-corrected chi connectivity index (χ2v) is 9.32. The summed E-state index contributed by atoms with van der Waals surface area (Å²) in [5, 5.41) is 23.5. The summed E-state index contributed by atoms with van der Waals surface area (Å²) in [5.41, 5.74) is 0.373. The van der Waals surface area contributed by atoms with Crippen molar-refractivity contribution in [1.29, 1.82) is 0 Å². The molecule has 16 nitrogen and oxygen atoms in total. The zero-order valence-electron chi connectivity index (χ0n) is 18.7. The number of anilines is 1. The summed E-state index contributed by atoms with van der Waals surface area (Å²) >= 11 is 0. The molecule has 0 aliphatic carbocycles. The molecule has 1 amide bonds. The minimum absolute atomic E-state index is 0.0353. The Morgan fingerprint density at radius 2 is 2.09 bits per heavy atom. The largest absolute Gasteiger partial charge is 0.444 e. The second kappa shape index (κ2) is 10.7. The van der Waals surface area contributed by atoms with E-state index in [2.05, 4.69) is 30.1 Å². The third kappa shape index (κ3) is 5.18. The number of aliphatic hydroxyl groups excluding tert-OH is 2. The molecule has 0 saturated carbocycles. The molecule has 3 N–H and O–H groups in total. The summed E-state index contributed by atoms with van der Waals surface area (Å²) in [5.74, 6) is 0.0353. The third-order valence-electron chi connectivity index (χ3n) is 5.02. The maximum Gasteiger partial charge on any atom is 0.444 e. The van der Waals surface area contributed by atoms with Crippen molar-refractivity contribution in [2.75, 3.05) is 25.6 Å². The van der Waals surface area contributed by atoms with Crippen LogP contribution in [0.3, 0.4) is 0 Å². The maximum atomic E-state index is 12.9. The third-order valence-corrected chi connectivity index (χ3v) is 6.76. The predicted octanol–water partition coefficient (Wildman–Crippen LogP) is 0.851. The molecule has 5 atom stereocenters. The van der Waals surface area contributed by atoms with Crippen molar-refractivity contribution in [3.8, 4) is 0 Å². The Morgan fingerprint density at radius 3 is 2.80 bits per heavy atom. The lowest BCUT2D eigenvalue weighted by Crippen LogP contribution is -2.33. The van der Waals surface area contributed by atoms with Crippen molar-refractivity contribution in [2.24, 2.45) is 0 Å². The van der Waals surface area contributed by atoms with E-state index < -0.39 is 38.4 Å². The molecule has 190 valence electrons. The highest BCUT2D eigenvalue weighted by molar-refractivity contribution is 7.52. The van der Waals surface area contributed by atoms with Gasteiger partial charge in [-0.25, -0.2) is 33.6 Å². The van der Waals surface area contributed by atoms with E-state index >= 15 is 0 Å². The summed E-state index contributed by atoms with van der Waals surface area (Å²) in [6, 6.07) is 0. The Kier molecular flexibility index (Phi) is 7.71. The van der Waals surface area contributed by atoms with E-state index in [1.807, 2.05) is 6.92 Å². The molecule has 35 heavy (non-hydrogen) atoms. The minimum atomic E-state index is -3.77. The van der Waals surface area contributed by atoms with Crippen LogP contribution in [0.5, 0.6) is 0 Å². The second-order valence-electron chi connectivity index (χ2n) is 7.30. The first kappa shape index (κ1) is 25.1. The van der Waals surface area contributed by atoms with Gasteiger partial charge in [-0.3, -0.25) is 23.8 Å². The smallest absolute Gasteiger partial charge is 0.387 e. The number of carbonyl (C=O) groups is 1. The van der Waals surface area contributed by atoms with Gasteiger partial charge >= 0.3 is 13.8 Å². The first-order valence-corrected chi connectivity index (χ1v) is 12.0. The van der Waals surface area contributed by atoms with Crippen LogP contribution < -0.4 is 5.32 Å². The molecule has 0 aromatic carbocycles. The molecule has 1 saturated heterocycles. The van der Waals surface area contributed by atoms with Crippen LogP contribution in [0.25, 0.3) is 11.2 Å². The Morgan fingerprint density at radius 1 is 1.26 bits per heavy atom. The number of nitrogens with one attached hydrogen (secondary N) is 1. The molecule has 4 heterocycles. The summed E-state index contributed by atoms with van der Waals surface area (Å²) in [7, 11) is -2.57. The lowest BCUT2D eigenvalue weighted by Gasteiger charge is -2.20. The normalized spacial score (nSPS) is 23.9. The quantitative estimate of drug-likeness (QED) is 0.150. The van der Waals surface area contributed by atoms with E-state index in [0.717, 1.165) is 4.34 Å². The first-order chi connectivity index (χ1) is 16.9. The molecule has 0 bridgehead atoms. The van der Waals surface area contributed by atoms with Crippen LogP contribution in [0, 0.1) is 0 Å². The van der Waals surface area contributed by atoms with Gasteiger partial charge in [0.25, 0.3) is 0 Å². The number of hydrogen-bond donors (Lipinski definition) is 3. The van der Waals surface area contributed by atoms with Gasteiger partial charge in [-0.1, -0.05) is 6.92 Å². The number of fused-ring (bicyclic) bond motifs is 1. The standard InChI is InChI=1S/C18H24N7O9P/c1-3-6-31-34-18(28)23-15-12-16(21-8-20-15)25(10-22-12)17-14(27)13(26)11(33-17)7-32-35(29,30-2)24-5-4-19-9-24/h4-5,8-11,13-14,17,26-27H,3,6-7H2,1-2H3,(H,20,21,23,28). The van der Waals surface area contributed by atoms with Crippen LogP contribution in [0.1, 0.15) is 19.6 Å². The van der Waals surface area contributed by atoms with Crippen LogP contribution in [0.15, 0.2) is 31.4 Å². The Bertz CT molecular complexity index is 1190. The number of nitrogens with zero attached hydrogens (tertiary/aromatic N) is 6. The molecule has 4 rings (SSSR count). The van der Waals surface area contributed by atoms with Gasteiger partial charge in [-0.15, -0.1) is 0 Å². The predicted molar refractivity (Wildman–Crippen MR) is 116 cm³/mol. The molecular weight excluding hydrogens is 489 g/mol. The molecule has 3 aromatic heterocycles. The number of aromatic nitrogens is 6. The lowest BCUT2D eigenvalue weighted by molar-refractivity contribution is -0.234.